The van der Waals surface area contributed by atoms with Gasteiger partial charge in [0.25, 0.3) is 0 Å². The maximum atomic E-state index is 12.1. The van der Waals surface area contributed by atoms with Crippen LogP contribution in [0.25, 0.3) is 0 Å². The Balaban J connectivity index is 2.62. The molecule has 1 fully saturated rings. The number of hydrogen-bond donors (Lipinski definition) is 1. The predicted octanol–water partition coefficient (Wildman–Crippen LogP) is 1.90. The Morgan fingerprint density at radius 3 is 2.40 bits per heavy atom. The van der Waals surface area contributed by atoms with E-state index in [0.717, 1.165) is 25.7 Å². The first kappa shape index (κ1) is 12.5. The maximum absolute atomic E-state index is 12.1. The number of piperidine rings is 1. The third-order valence-corrected chi connectivity index (χ3v) is 3.36. The third kappa shape index (κ3) is 2.94. The van der Waals surface area contributed by atoms with Crippen molar-refractivity contribution in [3.05, 3.63) is 0 Å². The molecule has 1 amide bonds. The molecule has 2 N–H and O–H groups in total. The Morgan fingerprint density at radius 2 is 1.93 bits per heavy atom. The first-order valence-corrected chi connectivity index (χ1v) is 6.15. The molecule has 0 aromatic carbocycles. The van der Waals surface area contributed by atoms with Crippen LogP contribution in [0.5, 0.6) is 0 Å². The van der Waals surface area contributed by atoms with Crippen molar-refractivity contribution in [3.63, 3.8) is 0 Å². The fourth-order valence-electron chi connectivity index (χ4n) is 2.48. The van der Waals surface area contributed by atoms with Crippen LogP contribution in [0.3, 0.4) is 0 Å². The SMILES string of the molecule is CCC[C@H](N)C(=O)N1[C@H](C)CCC[C@@H]1C. The topological polar surface area (TPSA) is 46.3 Å². The molecule has 0 aromatic rings. The quantitative estimate of drug-likeness (QED) is 0.776. The first-order valence-electron chi connectivity index (χ1n) is 6.15. The fraction of sp³-hybridized carbons (Fsp3) is 0.917. The lowest BCUT2D eigenvalue weighted by Gasteiger charge is -2.40. The van der Waals surface area contributed by atoms with Crippen molar-refractivity contribution in [2.24, 2.45) is 5.73 Å². The molecule has 1 saturated heterocycles. The van der Waals surface area contributed by atoms with E-state index in [1.54, 1.807) is 0 Å². The average Bonchev–Trinajstić information content (AvgIpc) is 2.17. The van der Waals surface area contributed by atoms with Crippen LogP contribution in [0, 0.1) is 0 Å². The van der Waals surface area contributed by atoms with Crippen molar-refractivity contribution >= 4 is 5.91 Å². The van der Waals surface area contributed by atoms with Gasteiger partial charge in [0.1, 0.15) is 0 Å². The molecule has 3 atom stereocenters. The number of nitrogens with two attached hydrogens (primary N) is 1. The third-order valence-electron chi connectivity index (χ3n) is 3.36. The van der Waals surface area contributed by atoms with Gasteiger partial charge in [0, 0.05) is 12.1 Å². The number of amides is 1. The molecule has 1 rings (SSSR count). The first-order chi connectivity index (χ1) is 7.07. The fourth-order valence-corrected chi connectivity index (χ4v) is 2.48. The van der Waals surface area contributed by atoms with E-state index in [1.165, 1.54) is 6.42 Å². The molecule has 15 heavy (non-hydrogen) atoms. The summed E-state index contributed by atoms with van der Waals surface area (Å²) in [7, 11) is 0. The van der Waals surface area contributed by atoms with Crippen molar-refractivity contribution < 1.29 is 4.79 Å². The minimum absolute atomic E-state index is 0.150. The Labute approximate surface area is 93.0 Å². The lowest BCUT2D eigenvalue weighted by molar-refractivity contribution is -0.138. The molecule has 0 aromatic heterocycles. The zero-order valence-corrected chi connectivity index (χ0v) is 10.2. The molecule has 3 nitrogen and oxygen atoms in total. The predicted molar refractivity (Wildman–Crippen MR) is 62.5 cm³/mol. The summed E-state index contributed by atoms with van der Waals surface area (Å²) in [6, 6.07) is 0.436. The minimum atomic E-state index is -0.294. The van der Waals surface area contributed by atoms with Gasteiger partial charge in [-0.1, -0.05) is 13.3 Å². The van der Waals surface area contributed by atoms with Gasteiger partial charge in [0.15, 0.2) is 0 Å². The van der Waals surface area contributed by atoms with E-state index < -0.39 is 0 Å². The van der Waals surface area contributed by atoms with Crippen molar-refractivity contribution in [1.29, 1.82) is 0 Å². The molecule has 0 radical (unpaired) electrons. The number of hydrogen-bond acceptors (Lipinski definition) is 2. The molecular formula is C12H24N2O. The Kier molecular flexibility index (Phi) is 4.58. The largest absolute Gasteiger partial charge is 0.336 e. The van der Waals surface area contributed by atoms with Crippen LogP contribution in [0.4, 0.5) is 0 Å². The van der Waals surface area contributed by atoms with Gasteiger partial charge in [-0.15, -0.1) is 0 Å². The number of carbonyl (C=O) groups is 1. The molecule has 0 saturated carbocycles. The maximum Gasteiger partial charge on any atom is 0.239 e. The molecular weight excluding hydrogens is 188 g/mol. The Bertz CT molecular complexity index is 208. The molecule has 88 valence electrons. The highest BCUT2D eigenvalue weighted by atomic mass is 16.2. The van der Waals surface area contributed by atoms with E-state index in [-0.39, 0.29) is 11.9 Å². The van der Waals surface area contributed by atoms with E-state index in [9.17, 15) is 4.79 Å². The summed E-state index contributed by atoms with van der Waals surface area (Å²) in [5.74, 6) is 0.150. The van der Waals surface area contributed by atoms with Crippen LogP contribution in [0.2, 0.25) is 0 Å². The molecule has 1 aliphatic heterocycles. The highest BCUT2D eigenvalue weighted by Crippen LogP contribution is 2.23. The monoisotopic (exact) mass is 212 g/mol. The molecule has 0 unspecified atom stereocenters. The van der Waals surface area contributed by atoms with Gasteiger partial charge in [0.2, 0.25) is 5.91 Å². The van der Waals surface area contributed by atoms with E-state index >= 15 is 0 Å². The normalized spacial score (nSPS) is 28.9. The summed E-state index contributed by atoms with van der Waals surface area (Å²) in [6.45, 7) is 6.33. The van der Waals surface area contributed by atoms with Gasteiger partial charge in [-0.05, 0) is 39.5 Å². The van der Waals surface area contributed by atoms with Crippen LogP contribution < -0.4 is 5.73 Å². The number of likely N-dealkylation sites (tertiary alicyclic amines) is 1. The lowest BCUT2D eigenvalue weighted by Crippen LogP contribution is -2.53. The number of nitrogens with zero attached hydrogens (tertiary/aromatic N) is 1. The number of rotatable bonds is 3. The van der Waals surface area contributed by atoms with Crippen LogP contribution in [-0.4, -0.2) is 28.9 Å². The van der Waals surface area contributed by atoms with Crippen LogP contribution in [0.15, 0.2) is 0 Å². The van der Waals surface area contributed by atoms with Crippen LogP contribution in [-0.2, 0) is 4.79 Å². The van der Waals surface area contributed by atoms with Gasteiger partial charge >= 0.3 is 0 Å². The van der Waals surface area contributed by atoms with Gasteiger partial charge in [-0.25, -0.2) is 0 Å². The van der Waals surface area contributed by atoms with Gasteiger partial charge in [-0.2, -0.15) is 0 Å². The highest BCUT2D eigenvalue weighted by molar-refractivity contribution is 5.82. The van der Waals surface area contributed by atoms with E-state index in [4.69, 9.17) is 5.73 Å². The second-order valence-electron chi connectivity index (χ2n) is 4.77. The number of carbonyl (C=O) groups excluding carboxylic acids is 1. The van der Waals surface area contributed by atoms with E-state index in [2.05, 4.69) is 20.8 Å². The molecule has 1 aliphatic rings. The zero-order chi connectivity index (χ0) is 11.4. The van der Waals surface area contributed by atoms with Crippen LogP contribution >= 0.6 is 0 Å². The lowest BCUT2D eigenvalue weighted by atomic mass is 9.96. The summed E-state index contributed by atoms with van der Waals surface area (Å²) in [6.07, 6.45) is 5.25. The second kappa shape index (κ2) is 5.50. The Morgan fingerprint density at radius 1 is 1.40 bits per heavy atom. The highest BCUT2D eigenvalue weighted by Gasteiger charge is 2.31. The molecule has 0 spiro atoms. The minimum Gasteiger partial charge on any atom is -0.336 e. The Hall–Kier alpha value is -0.570. The van der Waals surface area contributed by atoms with Crippen molar-refractivity contribution in [3.8, 4) is 0 Å². The van der Waals surface area contributed by atoms with E-state index in [1.807, 2.05) is 4.90 Å². The van der Waals surface area contributed by atoms with E-state index in [0.29, 0.717) is 12.1 Å². The molecule has 1 heterocycles. The zero-order valence-electron chi connectivity index (χ0n) is 10.2. The van der Waals surface area contributed by atoms with Crippen molar-refractivity contribution in [1.82, 2.24) is 4.90 Å². The smallest absolute Gasteiger partial charge is 0.239 e. The van der Waals surface area contributed by atoms with Gasteiger partial charge in [0.05, 0.1) is 6.04 Å². The van der Waals surface area contributed by atoms with Gasteiger partial charge < -0.3 is 10.6 Å². The summed E-state index contributed by atoms with van der Waals surface area (Å²) < 4.78 is 0. The molecule has 3 heteroatoms. The summed E-state index contributed by atoms with van der Waals surface area (Å²) in [4.78, 5) is 14.1. The van der Waals surface area contributed by atoms with Crippen molar-refractivity contribution in [2.75, 3.05) is 0 Å². The molecule has 0 aliphatic carbocycles. The summed E-state index contributed by atoms with van der Waals surface area (Å²) in [5, 5.41) is 0. The molecule has 0 bridgehead atoms. The van der Waals surface area contributed by atoms with Gasteiger partial charge in [-0.3, -0.25) is 4.79 Å². The summed E-state index contributed by atoms with van der Waals surface area (Å²) >= 11 is 0. The van der Waals surface area contributed by atoms with Crippen LogP contribution in [0.1, 0.15) is 52.9 Å². The summed E-state index contributed by atoms with van der Waals surface area (Å²) in [5.41, 5.74) is 5.89. The van der Waals surface area contributed by atoms with Crippen molar-refractivity contribution in [2.45, 2.75) is 71.0 Å². The average molecular weight is 212 g/mol. The standard InChI is InChI=1S/C12H24N2O/c1-4-6-11(13)12(15)14-9(2)7-5-8-10(14)3/h9-11H,4-8,13H2,1-3H3/t9-,10+,11-/m0/s1. The second-order valence-corrected chi connectivity index (χ2v) is 4.77.